The van der Waals surface area contributed by atoms with E-state index in [0.717, 1.165) is 12.1 Å². The second-order valence-corrected chi connectivity index (χ2v) is 8.06. The fourth-order valence-corrected chi connectivity index (χ4v) is 3.78. The van der Waals surface area contributed by atoms with Crippen LogP contribution in [-0.2, 0) is 18.1 Å². The van der Waals surface area contributed by atoms with Crippen LogP contribution >= 0.6 is 11.6 Å². The van der Waals surface area contributed by atoms with E-state index in [-0.39, 0.29) is 28.5 Å². The molecule has 1 atom stereocenters. The molecule has 2 amide bonds. The minimum Gasteiger partial charge on any atom is -0.363 e. The number of hydrogen-bond donors (Lipinski definition) is 2. The lowest BCUT2D eigenvalue weighted by Gasteiger charge is -2.35. The summed E-state index contributed by atoms with van der Waals surface area (Å²) in [4.78, 5) is 17.3. The van der Waals surface area contributed by atoms with Gasteiger partial charge in [0.05, 0.1) is 16.3 Å². The normalized spacial score (nSPS) is 13.2. The van der Waals surface area contributed by atoms with Crippen LogP contribution < -0.4 is 10.6 Å². The van der Waals surface area contributed by atoms with E-state index in [4.69, 9.17) is 16.1 Å². The van der Waals surface area contributed by atoms with Crippen LogP contribution in [0.1, 0.15) is 22.4 Å². The SMILES string of the molecule is O=C(Nc1ccon1)N[C@](Cc1ccccc1)(c1cc(F)cc(C(F)(F)F)c1)c1ccc(Cl)cn1. The van der Waals surface area contributed by atoms with E-state index in [1.54, 1.807) is 30.3 Å². The lowest BCUT2D eigenvalue weighted by molar-refractivity contribution is -0.137. The van der Waals surface area contributed by atoms with Crippen molar-refractivity contribution in [2.24, 2.45) is 0 Å². The number of carbonyl (C=O) groups is 1. The molecule has 180 valence electrons. The van der Waals surface area contributed by atoms with Crippen LogP contribution in [0.2, 0.25) is 5.02 Å². The molecule has 6 nitrogen and oxygen atoms in total. The summed E-state index contributed by atoms with van der Waals surface area (Å²) in [6.07, 6.45) is -2.37. The first-order valence-corrected chi connectivity index (χ1v) is 10.6. The molecule has 2 aromatic heterocycles. The number of halogens is 5. The fraction of sp³-hybridized carbons (Fsp3) is 0.125. The molecule has 0 radical (unpaired) electrons. The standard InChI is InChI=1S/C24H17ClF4N4O2/c25-18-6-7-20(30-14-18)23(13-15-4-2-1-3-5-15,32-22(34)31-21-8-9-35-33-21)16-10-17(24(27,28)29)12-19(26)11-16/h1-12,14H,13H2,(H2,31,32,33,34)/t23-/m1/s1. The highest BCUT2D eigenvalue weighted by molar-refractivity contribution is 6.30. The molecule has 4 aromatic rings. The van der Waals surface area contributed by atoms with Gasteiger partial charge in [0.1, 0.15) is 17.6 Å². The molecular formula is C24H17ClF4N4O2. The summed E-state index contributed by atoms with van der Waals surface area (Å²) in [6.45, 7) is 0. The van der Waals surface area contributed by atoms with E-state index in [1.165, 1.54) is 30.7 Å². The van der Waals surface area contributed by atoms with Gasteiger partial charge >= 0.3 is 12.2 Å². The summed E-state index contributed by atoms with van der Waals surface area (Å²) >= 11 is 5.99. The quantitative estimate of drug-likeness (QED) is 0.307. The Bertz CT molecular complexity index is 1300. The Balaban J connectivity index is 1.92. The number of alkyl halides is 3. The van der Waals surface area contributed by atoms with Crippen molar-refractivity contribution in [3.8, 4) is 0 Å². The van der Waals surface area contributed by atoms with Crippen LogP contribution in [0.25, 0.3) is 0 Å². The first kappa shape index (κ1) is 24.2. The van der Waals surface area contributed by atoms with Gasteiger partial charge in [-0.25, -0.2) is 9.18 Å². The molecule has 35 heavy (non-hydrogen) atoms. The van der Waals surface area contributed by atoms with Gasteiger partial charge in [-0.3, -0.25) is 10.3 Å². The number of hydrogen-bond acceptors (Lipinski definition) is 4. The number of nitrogens with zero attached hydrogens (tertiary/aromatic N) is 2. The summed E-state index contributed by atoms with van der Waals surface area (Å²) in [5.41, 5.74) is -2.33. The summed E-state index contributed by atoms with van der Waals surface area (Å²) in [6, 6.07) is 14.3. The Labute approximate surface area is 201 Å². The number of benzene rings is 2. The highest BCUT2D eigenvalue weighted by Crippen LogP contribution is 2.38. The maximum absolute atomic E-state index is 14.6. The number of pyridine rings is 1. The van der Waals surface area contributed by atoms with Crippen molar-refractivity contribution in [3.05, 3.63) is 112 Å². The Morgan fingerprint density at radius 3 is 2.37 bits per heavy atom. The van der Waals surface area contributed by atoms with Gasteiger partial charge in [-0.1, -0.05) is 47.1 Å². The average Bonchev–Trinajstić information content (AvgIpc) is 3.31. The van der Waals surface area contributed by atoms with E-state index >= 15 is 0 Å². The molecule has 0 bridgehead atoms. The van der Waals surface area contributed by atoms with Gasteiger partial charge in [0.15, 0.2) is 5.82 Å². The van der Waals surface area contributed by atoms with Gasteiger partial charge in [-0.2, -0.15) is 13.2 Å². The topological polar surface area (TPSA) is 80.0 Å². The van der Waals surface area contributed by atoms with Crippen LogP contribution in [0.4, 0.5) is 28.2 Å². The van der Waals surface area contributed by atoms with Gasteiger partial charge in [0.2, 0.25) is 0 Å². The predicted octanol–water partition coefficient (Wildman–Crippen LogP) is 6.19. The summed E-state index contributed by atoms with van der Waals surface area (Å²) in [7, 11) is 0. The summed E-state index contributed by atoms with van der Waals surface area (Å²) in [5.74, 6) is -1.06. The smallest absolute Gasteiger partial charge is 0.363 e. The zero-order valence-corrected chi connectivity index (χ0v) is 18.6. The second-order valence-electron chi connectivity index (χ2n) is 7.62. The van der Waals surface area contributed by atoms with Crippen molar-refractivity contribution >= 4 is 23.4 Å². The summed E-state index contributed by atoms with van der Waals surface area (Å²) < 4.78 is 60.1. The lowest BCUT2D eigenvalue weighted by atomic mass is 9.80. The number of urea groups is 1. The Kier molecular flexibility index (Phi) is 6.74. The van der Waals surface area contributed by atoms with Crippen LogP contribution in [0.3, 0.4) is 0 Å². The van der Waals surface area contributed by atoms with E-state index in [0.29, 0.717) is 11.6 Å². The van der Waals surface area contributed by atoms with E-state index in [1.807, 2.05) is 0 Å². The van der Waals surface area contributed by atoms with Crippen LogP contribution in [0.15, 0.2) is 83.7 Å². The molecule has 0 spiro atoms. The number of anilines is 1. The van der Waals surface area contributed by atoms with Gasteiger partial charge in [0.25, 0.3) is 0 Å². The number of carbonyl (C=O) groups excluding carboxylic acids is 1. The molecule has 0 aliphatic carbocycles. The number of aromatic nitrogens is 2. The maximum Gasteiger partial charge on any atom is 0.416 e. The zero-order chi connectivity index (χ0) is 25.1. The van der Waals surface area contributed by atoms with Crippen molar-refractivity contribution < 1.29 is 26.9 Å². The molecule has 11 heteroatoms. The van der Waals surface area contributed by atoms with Crippen LogP contribution in [0, 0.1) is 5.82 Å². The van der Waals surface area contributed by atoms with Crippen LogP contribution in [0.5, 0.6) is 0 Å². The van der Waals surface area contributed by atoms with Crippen molar-refractivity contribution in [1.82, 2.24) is 15.5 Å². The third-order valence-corrected chi connectivity index (χ3v) is 5.42. The molecule has 2 N–H and O–H groups in total. The van der Waals surface area contributed by atoms with Gasteiger partial charge < -0.3 is 9.84 Å². The highest BCUT2D eigenvalue weighted by atomic mass is 35.5. The van der Waals surface area contributed by atoms with Gasteiger partial charge in [-0.05, 0) is 41.5 Å². The molecule has 0 aliphatic rings. The molecule has 0 saturated heterocycles. The fourth-order valence-electron chi connectivity index (χ4n) is 3.67. The Hall–Kier alpha value is -3.92. The third-order valence-electron chi connectivity index (χ3n) is 5.20. The number of nitrogens with one attached hydrogen (secondary N) is 2. The first-order chi connectivity index (χ1) is 16.7. The number of amides is 2. The Morgan fingerprint density at radius 1 is 1.00 bits per heavy atom. The first-order valence-electron chi connectivity index (χ1n) is 10.2. The molecule has 0 fully saturated rings. The predicted molar refractivity (Wildman–Crippen MR) is 120 cm³/mol. The average molecular weight is 505 g/mol. The molecule has 2 heterocycles. The molecule has 0 aliphatic heterocycles. The highest BCUT2D eigenvalue weighted by Gasteiger charge is 2.41. The van der Waals surface area contributed by atoms with Gasteiger partial charge in [-0.15, -0.1) is 0 Å². The molecule has 0 unspecified atom stereocenters. The monoisotopic (exact) mass is 504 g/mol. The second kappa shape index (κ2) is 9.75. The molecule has 4 rings (SSSR count). The van der Waals surface area contributed by atoms with Crippen molar-refractivity contribution in [2.75, 3.05) is 5.32 Å². The van der Waals surface area contributed by atoms with E-state index in [9.17, 15) is 22.4 Å². The molecule has 0 saturated carbocycles. The van der Waals surface area contributed by atoms with Crippen LogP contribution in [-0.4, -0.2) is 16.2 Å². The zero-order valence-electron chi connectivity index (χ0n) is 17.8. The van der Waals surface area contributed by atoms with Gasteiger partial charge in [0, 0.05) is 18.7 Å². The maximum atomic E-state index is 14.6. The largest absolute Gasteiger partial charge is 0.416 e. The third kappa shape index (κ3) is 5.60. The Morgan fingerprint density at radius 2 is 1.74 bits per heavy atom. The van der Waals surface area contributed by atoms with Crippen molar-refractivity contribution in [1.29, 1.82) is 0 Å². The van der Waals surface area contributed by atoms with Crippen molar-refractivity contribution in [3.63, 3.8) is 0 Å². The van der Waals surface area contributed by atoms with Crippen molar-refractivity contribution in [2.45, 2.75) is 18.1 Å². The van der Waals surface area contributed by atoms with E-state index in [2.05, 4.69) is 20.8 Å². The lowest BCUT2D eigenvalue weighted by Crippen LogP contribution is -2.51. The minimum atomic E-state index is -4.83. The molecule has 2 aromatic carbocycles. The minimum absolute atomic E-state index is 0.0601. The molecular weight excluding hydrogens is 488 g/mol. The van der Waals surface area contributed by atoms with E-state index < -0.39 is 29.1 Å². The summed E-state index contributed by atoms with van der Waals surface area (Å²) in [5, 5.41) is 9.02. The number of rotatable bonds is 6.